The second kappa shape index (κ2) is 8.69. The molecule has 0 radical (unpaired) electrons. The summed E-state index contributed by atoms with van der Waals surface area (Å²) in [5, 5.41) is 4.22. The van der Waals surface area contributed by atoms with Crippen molar-refractivity contribution < 1.29 is 14.3 Å². The van der Waals surface area contributed by atoms with Gasteiger partial charge in [0.15, 0.2) is 11.5 Å². The smallest absolute Gasteiger partial charge is 0.318 e. The Kier molecular flexibility index (Phi) is 6.09. The Bertz CT molecular complexity index is 951. The molecule has 3 rings (SSSR count). The molecule has 1 atom stereocenters. The van der Waals surface area contributed by atoms with Crippen LogP contribution in [-0.2, 0) is 6.54 Å². The molecule has 28 heavy (non-hydrogen) atoms. The summed E-state index contributed by atoms with van der Waals surface area (Å²) in [6, 6.07) is 13.7. The monoisotopic (exact) mass is 381 g/mol. The molecule has 0 bridgehead atoms. The second-order valence-electron chi connectivity index (χ2n) is 6.70. The minimum Gasteiger partial charge on any atom is -0.493 e. The van der Waals surface area contributed by atoms with Crippen LogP contribution in [0.1, 0.15) is 31.0 Å². The number of H-pyrrole nitrogens is 1. The molecule has 0 aliphatic carbocycles. The van der Waals surface area contributed by atoms with Crippen molar-refractivity contribution in [3.05, 3.63) is 59.8 Å². The summed E-state index contributed by atoms with van der Waals surface area (Å²) in [4.78, 5) is 17.8. The maximum absolute atomic E-state index is 12.8. The van der Waals surface area contributed by atoms with Gasteiger partial charge in [-0.15, -0.1) is 0 Å². The summed E-state index contributed by atoms with van der Waals surface area (Å²) in [5.41, 5.74) is 3.15. The zero-order valence-electron chi connectivity index (χ0n) is 16.8. The summed E-state index contributed by atoms with van der Waals surface area (Å²) in [6.07, 6.45) is 1.92. The number of amides is 2. The Morgan fingerprint density at radius 1 is 1.11 bits per heavy atom. The van der Waals surface area contributed by atoms with Gasteiger partial charge < -0.3 is 24.7 Å². The van der Waals surface area contributed by atoms with Crippen LogP contribution in [0, 0.1) is 0 Å². The quantitative estimate of drug-likeness (QED) is 0.634. The third-order valence-electron chi connectivity index (χ3n) is 4.91. The molecule has 0 spiro atoms. The summed E-state index contributed by atoms with van der Waals surface area (Å²) >= 11 is 0. The van der Waals surface area contributed by atoms with Crippen molar-refractivity contribution >= 4 is 16.9 Å². The van der Waals surface area contributed by atoms with Gasteiger partial charge in [-0.05, 0) is 60.7 Å². The number of ether oxygens (including phenoxy) is 2. The Morgan fingerprint density at radius 2 is 1.89 bits per heavy atom. The summed E-state index contributed by atoms with van der Waals surface area (Å²) in [5.74, 6) is 1.31. The van der Waals surface area contributed by atoms with E-state index in [0.717, 1.165) is 22.0 Å². The van der Waals surface area contributed by atoms with Crippen LogP contribution in [-0.4, -0.2) is 36.7 Å². The molecule has 3 aromatic rings. The van der Waals surface area contributed by atoms with Crippen LogP contribution >= 0.6 is 0 Å². The third kappa shape index (κ3) is 4.22. The number of hydrogen-bond acceptors (Lipinski definition) is 3. The van der Waals surface area contributed by atoms with E-state index in [-0.39, 0.29) is 12.1 Å². The van der Waals surface area contributed by atoms with Gasteiger partial charge in [-0.3, -0.25) is 0 Å². The van der Waals surface area contributed by atoms with Crippen LogP contribution in [0.2, 0.25) is 0 Å². The molecule has 6 nitrogen and oxygen atoms in total. The molecule has 0 aliphatic rings. The fourth-order valence-electron chi connectivity index (χ4n) is 3.23. The number of carbonyl (C=O) groups excluding carboxylic acids is 1. The Labute approximate surface area is 165 Å². The first-order valence-corrected chi connectivity index (χ1v) is 9.39. The molecule has 0 fully saturated rings. The Hall–Kier alpha value is -3.15. The lowest BCUT2D eigenvalue weighted by molar-refractivity contribution is 0.195. The average Bonchev–Trinajstić information content (AvgIpc) is 3.19. The average molecular weight is 381 g/mol. The number of rotatable bonds is 7. The van der Waals surface area contributed by atoms with Crippen LogP contribution in [0.25, 0.3) is 10.9 Å². The standard InChI is InChI=1S/C22H27N3O3/c1-5-25(14-16-6-8-19-18(12-16)10-11-23-19)22(26)24-15(2)17-7-9-20(27-3)21(13-17)28-4/h6-13,15,23H,5,14H2,1-4H3,(H,24,26)/t15-/m1/s1. The van der Waals surface area contributed by atoms with Gasteiger partial charge in [0.2, 0.25) is 0 Å². The predicted molar refractivity (Wildman–Crippen MR) is 111 cm³/mol. The van der Waals surface area contributed by atoms with Gasteiger partial charge in [0, 0.05) is 24.8 Å². The van der Waals surface area contributed by atoms with E-state index < -0.39 is 0 Å². The van der Waals surface area contributed by atoms with Crippen LogP contribution in [0.4, 0.5) is 4.79 Å². The molecule has 0 aliphatic heterocycles. The fraction of sp³-hybridized carbons (Fsp3) is 0.318. The molecule has 1 aromatic heterocycles. The van der Waals surface area contributed by atoms with Gasteiger partial charge in [0.25, 0.3) is 0 Å². The van der Waals surface area contributed by atoms with Crippen molar-refractivity contribution in [2.45, 2.75) is 26.4 Å². The van der Waals surface area contributed by atoms with Gasteiger partial charge in [0.1, 0.15) is 0 Å². The molecule has 2 amide bonds. The molecule has 0 saturated carbocycles. The van der Waals surface area contributed by atoms with Gasteiger partial charge in [0.05, 0.1) is 20.3 Å². The SMILES string of the molecule is CCN(Cc1ccc2[nH]ccc2c1)C(=O)N[C@H](C)c1ccc(OC)c(OC)c1. The summed E-state index contributed by atoms with van der Waals surface area (Å²) in [7, 11) is 3.21. The van der Waals surface area contributed by atoms with E-state index in [2.05, 4.69) is 16.4 Å². The molecule has 2 N–H and O–H groups in total. The van der Waals surface area contributed by atoms with Crippen molar-refractivity contribution in [1.29, 1.82) is 0 Å². The van der Waals surface area contributed by atoms with E-state index >= 15 is 0 Å². The lowest BCUT2D eigenvalue weighted by atomic mass is 10.1. The summed E-state index contributed by atoms with van der Waals surface area (Å²) in [6.45, 7) is 5.12. The molecule has 148 valence electrons. The first-order valence-electron chi connectivity index (χ1n) is 9.39. The lowest BCUT2D eigenvalue weighted by Crippen LogP contribution is -2.40. The second-order valence-corrected chi connectivity index (χ2v) is 6.70. The number of carbonyl (C=O) groups is 1. The van der Waals surface area contributed by atoms with Crippen LogP contribution in [0.5, 0.6) is 11.5 Å². The fourth-order valence-corrected chi connectivity index (χ4v) is 3.23. The van der Waals surface area contributed by atoms with Gasteiger partial charge in [-0.1, -0.05) is 12.1 Å². The van der Waals surface area contributed by atoms with Crippen molar-refractivity contribution in [2.75, 3.05) is 20.8 Å². The highest BCUT2D eigenvalue weighted by atomic mass is 16.5. The number of fused-ring (bicyclic) bond motifs is 1. The highest BCUT2D eigenvalue weighted by Crippen LogP contribution is 2.30. The number of nitrogens with zero attached hydrogens (tertiary/aromatic N) is 1. The topological polar surface area (TPSA) is 66.6 Å². The number of methoxy groups -OCH3 is 2. The number of urea groups is 1. The Morgan fingerprint density at radius 3 is 2.61 bits per heavy atom. The molecule has 0 unspecified atom stereocenters. The molecule has 6 heteroatoms. The minimum atomic E-state index is -0.159. The molecule has 0 saturated heterocycles. The van der Waals surface area contributed by atoms with Crippen LogP contribution < -0.4 is 14.8 Å². The number of nitrogens with one attached hydrogen (secondary N) is 2. The van der Waals surface area contributed by atoms with Crippen molar-refractivity contribution in [1.82, 2.24) is 15.2 Å². The van der Waals surface area contributed by atoms with Gasteiger partial charge in [-0.2, -0.15) is 0 Å². The maximum Gasteiger partial charge on any atom is 0.318 e. The zero-order valence-corrected chi connectivity index (χ0v) is 16.8. The molecule has 1 heterocycles. The van der Waals surface area contributed by atoms with Crippen molar-refractivity contribution in [3.8, 4) is 11.5 Å². The van der Waals surface area contributed by atoms with E-state index in [0.29, 0.717) is 24.6 Å². The van der Waals surface area contributed by atoms with E-state index in [1.165, 1.54) is 0 Å². The first-order chi connectivity index (χ1) is 13.5. The number of hydrogen-bond donors (Lipinski definition) is 2. The highest BCUT2D eigenvalue weighted by molar-refractivity contribution is 5.80. The van der Waals surface area contributed by atoms with Crippen LogP contribution in [0.15, 0.2) is 48.7 Å². The number of aromatic nitrogens is 1. The Balaban J connectivity index is 1.69. The first kappa shape index (κ1) is 19.6. The van der Waals surface area contributed by atoms with E-state index in [1.807, 2.05) is 56.4 Å². The third-order valence-corrected chi connectivity index (χ3v) is 4.91. The molecule has 2 aromatic carbocycles. The van der Waals surface area contributed by atoms with Gasteiger partial charge in [-0.25, -0.2) is 4.79 Å². The number of benzene rings is 2. The van der Waals surface area contributed by atoms with Crippen LogP contribution in [0.3, 0.4) is 0 Å². The van der Waals surface area contributed by atoms with E-state index in [1.54, 1.807) is 19.1 Å². The number of aromatic amines is 1. The normalized spacial score (nSPS) is 11.9. The minimum absolute atomic E-state index is 0.0982. The molecular formula is C22H27N3O3. The lowest BCUT2D eigenvalue weighted by Gasteiger charge is -2.24. The van der Waals surface area contributed by atoms with Gasteiger partial charge >= 0.3 is 6.03 Å². The largest absolute Gasteiger partial charge is 0.493 e. The highest BCUT2D eigenvalue weighted by Gasteiger charge is 2.17. The van der Waals surface area contributed by atoms with E-state index in [9.17, 15) is 4.79 Å². The van der Waals surface area contributed by atoms with Crippen molar-refractivity contribution in [3.63, 3.8) is 0 Å². The van der Waals surface area contributed by atoms with E-state index in [4.69, 9.17) is 9.47 Å². The maximum atomic E-state index is 12.8. The summed E-state index contributed by atoms with van der Waals surface area (Å²) < 4.78 is 10.6. The van der Waals surface area contributed by atoms with Crippen molar-refractivity contribution in [2.24, 2.45) is 0 Å². The molecular weight excluding hydrogens is 354 g/mol. The zero-order chi connectivity index (χ0) is 20.1. The predicted octanol–water partition coefficient (Wildman–Crippen LogP) is 4.48.